The number of hydrogen-bond donors (Lipinski definition) is 1. The SMILES string of the molecule is C[C@@H]1C[C@@H]1c1ccc(CCC(=O)N2CCC[C@@H](N3CCNC3=O)C2)o1. The number of aryl methyl sites for hydroxylation is 1. The highest BCUT2D eigenvalue weighted by Gasteiger charge is 2.36. The van der Waals surface area contributed by atoms with Crippen molar-refractivity contribution in [2.45, 2.75) is 51.0 Å². The third kappa shape index (κ3) is 3.53. The summed E-state index contributed by atoms with van der Waals surface area (Å²) in [5.74, 6) is 3.47. The van der Waals surface area contributed by atoms with Crippen LogP contribution in [0.3, 0.4) is 0 Å². The minimum absolute atomic E-state index is 0.0109. The van der Waals surface area contributed by atoms with Crippen LogP contribution in [0.25, 0.3) is 0 Å². The molecule has 0 bridgehead atoms. The van der Waals surface area contributed by atoms with E-state index >= 15 is 0 Å². The number of hydrogen-bond acceptors (Lipinski definition) is 3. The summed E-state index contributed by atoms with van der Waals surface area (Å²) >= 11 is 0. The van der Waals surface area contributed by atoms with Gasteiger partial charge in [0.2, 0.25) is 5.91 Å². The van der Waals surface area contributed by atoms with Crippen LogP contribution >= 0.6 is 0 Å². The Labute approximate surface area is 148 Å². The summed E-state index contributed by atoms with van der Waals surface area (Å²) in [7, 11) is 0. The number of urea groups is 1. The Bertz CT molecular complexity index is 656. The molecule has 2 aliphatic heterocycles. The maximum absolute atomic E-state index is 12.6. The molecule has 1 N–H and O–H groups in total. The Morgan fingerprint density at radius 2 is 2.20 bits per heavy atom. The van der Waals surface area contributed by atoms with Crippen molar-refractivity contribution >= 4 is 11.9 Å². The summed E-state index contributed by atoms with van der Waals surface area (Å²) < 4.78 is 5.90. The topological polar surface area (TPSA) is 65.8 Å². The zero-order chi connectivity index (χ0) is 17.4. The fraction of sp³-hybridized carbons (Fsp3) is 0.684. The van der Waals surface area contributed by atoms with Gasteiger partial charge in [0.15, 0.2) is 0 Å². The first-order valence-corrected chi connectivity index (χ1v) is 9.52. The minimum Gasteiger partial charge on any atom is -0.466 e. The Morgan fingerprint density at radius 1 is 1.36 bits per heavy atom. The van der Waals surface area contributed by atoms with Crippen molar-refractivity contribution in [3.8, 4) is 0 Å². The fourth-order valence-electron chi connectivity index (χ4n) is 4.11. The molecule has 6 nitrogen and oxygen atoms in total. The largest absolute Gasteiger partial charge is 0.466 e. The number of furan rings is 1. The van der Waals surface area contributed by atoms with Gasteiger partial charge >= 0.3 is 6.03 Å². The van der Waals surface area contributed by atoms with E-state index in [9.17, 15) is 9.59 Å². The molecule has 0 radical (unpaired) electrons. The van der Waals surface area contributed by atoms with E-state index in [4.69, 9.17) is 4.42 Å². The number of nitrogens with zero attached hydrogens (tertiary/aromatic N) is 2. The summed E-state index contributed by atoms with van der Waals surface area (Å²) in [5.41, 5.74) is 0. The Balaban J connectivity index is 1.28. The highest BCUT2D eigenvalue weighted by molar-refractivity contribution is 5.78. The van der Waals surface area contributed by atoms with Crippen molar-refractivity contribution in [2.24, 2.45) is 5.92 Å². The van der Waals surface area contributed by atoms with E-state index < -0.39 is 0 Å². The third-order valence-corrected chi connectivity index (χ3v) is 5.82. The van der Waals surface area contributed by atoms with Crippen LogP contribution in [0.1, 0.15) is 50.0 Å². The molecule has 1 aromatic heterocycles. The molecule has 1 aromatic rings. The molecule has 3 fully saturated rings. The third-order valence-electron chi connectivity index (χ3n) is 5.82. The quantitative estimate of drug-likeness (QED) is 0.891. The van der Waals surface area contributed by atoms with Gasteiger partial charge < -0.3 is 19.5 Å². The number of amides is 3. The van der Waals surface area contributed by atoms with E-state index in [1.165, 1.54) is 6.42 Å². The zero-order valence-electron chi connectivity index (χ0n) is 14.9. The van der Waals surface area contributed by atoms with E-state index in [1.807, 2.05) is 15.9 Å². The standard InChI is InChI=1S/C19H27N3O3/c1-13-11-16(13)17-6-4-15(25-17)5-7-18(23)21-9-2-3-14(12-21)22-10-8-20-19(22)24/h4,6,13-14,16H,2-3,5,7-12H2,1H3,(H,20,24)/t13-,14-,16+/m1/s1. The van der Waals surface area contributed by atoms with Gasteiger partial charge in [0.25, 0.3) is 0 Å². The van der Waals surface area contributed by atoms with Crippen molar-refractivity contribution in [3.05, 3.63) is 23.7 Å². The molecule has 6 heteroatoms. The maximum atomic E-state index is 12.6. The Morgan fingerprint density at radius 3 is 2.92 bits per heavy atom. The lowest BCUT2D eigenvalue weighted by Gasteiger charge is -2.37. The lowest BCUT2D eigenvalue weighted by Crippen LogP contribution is -2.50. The summed E-state index contributed by atoms with van der Waals surface area (Å²) in [6.45, 7) is 5.16. The van der Waals surface area contributed by atoms with Gasteiger partial charge in [-0.3, -0.25) is 4.79 Å². The molecule has 3 atom stereocenters. The normalized spacial score (nSPS) is 29.0. The Hall–Kier alpha value is -1.98. The van der Waals surface area contributed by atoms with Crippen molar-refractivity contribution in [1.29, 1.82) is 0 Å². The molecule has 136 valence electrons. The molecule has 0 unspecified atom stereocenters. The molecule has 3 amide bonds. The summed E-state index contributed by atoms with van der Waals surface area (Å²) in [4.78, 5) is 28.2. The van der Waals surface area contributed by atoms with Gasteiger partial charge in [-0.05, 0) is 37.3 Å². The van der Waals surface area contributed by atoms with Crippen LogP contribution in [0.4, 0.5) is 4.79 Å². The molecular weight excluding hydrogens is 318 g/mol. The number of carbonyl (C=O) groups excluding carboxylic acids is 2. The highest BCUT2D eigenvalue weighted by Crippen LogP contribution is 2.47. The minimum atomic E-state index is 0.0109. The fourth-order valence-corrected chi connectivity index (χ4v) is 4.11. The molecule has 0 spiro atoms. The molecule has 3 aliphatic rings. The predicted octanol–water partition coefficient (Wildman–Crippen LogP) is 2.35. The van der Waals surface area contributed by atoms with E-state index in [0.29, 0.717) is 31.8 Å². The van der Waals surface area contributed by atoms with Crippen LogP contribution in [0, 0.1) is 5.92 Å². The van der Waals surface area contributed by atoms with Gasteiger partial charge in [0.1, 0.15) is 11.5 Å². The molecule has 0 aromatic carbocycles. The summed E-state index contributed by atoms with van der Waals surface area (Å²) in [5, 5.41) is 2.85. The van der Waals surface area contributed by atoms with E-state index in [-0.39, 0.29) is 18.0 Å². The van der Waals surface area contributed by atoms with Crippen molar-refractivity contribution in [2.75, 3.05) is 26.2 Å². The van der Waals surface area contributed by atoms with Crippen LogP contribution in [0.2, 0.25) is 0 Å². The second-order valence-corrected chi connectivity index (χ2v) is 7.68. The van der Waals surface area contributed by atoms with Crippen molar-refractivity contribution in [1.82, 2.24) is 15.1 Å². The van der Waals surface area contributed by atoms with E-state index in [1.54, 1.807) is 0 Å². The number of likely N-dealkylation sites (tertiary alicyclic amines) is 1. The predicted molar refractivity (Wildman–Crippen MR) is 93.3 cm³/mol. The molecule has 2 saturated heterocycles. The summed E-state index contributed by atoms with van der Waals surface area (Å²) in [6, 6.07) is 4.25. The number of rotatable bonds is 5. The first-order valence-electron chi connectivity index (χ1n) is 9.52. The monoisotopic (exact) mass is 345 g/mol. The molecule has 4 rings (SSSR count). The van der Waals surface area contributed by atoms with Gasteiger partial charge in [-0.25, -0.2) is 4.79 Å². The molecule has 25 heavy (non-hydrogen) atoms. The van der Waals surface area contributed by atoms with E-state index in [2.05, 4.69) is 18.3 Å². The van der Waals surface area contributed by atoms with Crippen LogP contribution in [-0.4, -0.2) is 54.0 Å². The molecule has 1 saturated carbocycles. The lowest BCUT2D eigenvalue weighted by molar-refractivity contribution is -0.133. The van der Waals surface area contributed by atoms with Gasteiger partial charge in [0.05, 0.1) is 6.04 Å². The van der Waals surface area contributed by atoms with Crippen LogP contribution in [0.5, 0.6) is 0 Å². The van der Waals surface area contributed by atoms with Crippen molar-refractivity contribution < 1.29 is 14.0 Å². The molecule has 3 heterocycles. The smallest absolute Gasteiger partial charge is 0.317 e. The van der Waals surface area contributed by atoms with Gasteiger partial charge in [-0.2, -0.15) is 0 Å². The second kappa shape index (κ2) is 6.73. The average molecular weight is 345 g/mol. The number of carbonyl (C=O) groups is 2. The van der Waals surface area contributed by atoms with Gasteiger partial charge in [-0.15, -0.1) is 0 Å². The van der Waals surface area contributed by atoms with Crippen LogP contribution in [0.15, 0.2) is 16.5 Å². The second-order valence-electron chi connectivity index (χ2n) is 7.68. The summed E-state index contributed by atoms with van der Waals surface area (Å²) in [6.07, 6.45) is 4.30. The molecule has 1 aliphatic carbocycles. The maximum Gasteiger partial charge on any atom is 0.317 e. The van der Waals surface area contributed by atoms with Crippen LogP contribution in [-0.2, 0) is 11.2 Å². The Kier molecular flexibility index (Phi) is 4.44. The zero-order valence-corrected chi connectivity index (χ0v) is 14.9. The van der Waals surface area contributed by atoms with Crippen LogP contribution < -0.4 is 5.32 Å². The highest BCUT2D eigenvalue weighted by atomic mass is 16.3. The van der Waals surface area contributed by atoms with Gasteiger partial charge in [0, 0.05) is 44.9 Å². The average Bonchev–Trinajstić information content (AvgIpc) is 3.02. The number of piperidine rings is 1. The first-order chi connectivity index (χ1) is 12.1. The number of nitrogens with one attached hydrogen (secondary N) is 1. The first kappa shape index (κ1) is 16.5. The van der Waals surface area contributed by atoms with E-state index in [0.717, 1.165) is 43.4 Å². The van der Waals surface area contributed by atoms with Crippen molar-refractivity contribution in [3.63, 3.8) is 0 Å². The lowest BCUT2D eigenvalue weighted by atomic mass is 10.0. The molecular formula is C19H27N3O3. The van der Waals surface area contributed by atoms with Gasteiger partial charge in [-0.1, -0.05) is 6.92 Å².